The first-order chi connectivity index (χ1) is 10.5. The second kappa shape index (κ2) is 6.60. The smallest absolute Gasteiger partial charge is 0.0222 e. The van der Waals surface area contributed by atoms with Gasteiger partial charge in [-0.3, -0.25) is 0 Å². The first-order valence-corrected chi connectivity index (χ1v) is 9.32. The van der Waals surface area contributed by atoms with Crippen molar-refractivity contribution >= 4 is 5.57 Å². The fourth-order valence-corrected chi connectivity index (χ4v) is 4.52. The summed E-state index contributed by atoms with van der Waals surface area (Å²) in [6, 6.07) is 4.80. The molecule has 0 aromatic heterocycles. The predicted molar refractivity (Wildman–Crippen MR) is 97.1 cm³/mol. The number of allylic oxidation sites excluding steroid dienone is 2. The van der Waals surface area contributed by atoms with Crippen LogP contribution in [-0.2, 0) is 0 Å². The van der Waals surface area contributed by atoms with Gasteiger partial charge in [0.15, 0.2) is 0 Å². The molecule has 2 aliphatic rings. The summed E-state index contributed by atoms with van der Waals surface area (Å²) in [4.78, 5) is 0. The van der Waals surface area contributed by atoms with Gasteiger partial charge in [-0.1, -0.05) is 38.0 Å². The quantitative estimate of drug-likeness (QED) is 0.575. The maximum Gasteiger partial charge on any atom is -0.0222 e. The van der Waals surface area contributed by atoms with E-state index in [0.717, 1.165) is 17.8 Å². The average Bonchev–Trinajstić information content (AvgIpc) is 2.53. The average molecular weight is 296 g/mol. The molecule has 0 N–H and O–H groups in total. The van der Waals surface area contributed by atoms with Gasteiger partial charge in [-0.15, -0.1) is 0 Å². The zero-order valence-corrected chi connectivity index (χ0v) is 14.9. The van der Waals surface area contributed by atoms with Gasteiger partial charge < -0.3 is 0 Å². The van der Waals surface area contributed by atoms with Gasteiger partial charge >= 0.3 is 0 Å². The van der Waals surface area contributed by atoms with Gasteiger partial charge in [0.25, 0.3) is 0 Å². The molecule has 2 aliphatic carbocycles. The summed E-state index contributed by atoms with van der Waals surface area (Å²) in [6.45, 7) is 9.17. The third-order valence-electron chi connectivity index (χ3n) is 6.48. The Hall–Kier alpha value is -1.04. The predicted octanol–water partition coefficient (Wildman–Crippen LogP) is 6.62. The Morgan fingerprint density at radius 1 is 0.818 bits per heavy atom. The van der Waals surface area contributed by atoms with Gasteiger partial charge in [-0.25, -0.2) is 0 Å². The maximum absolute atomic E-state index is 2.57. The highest BCUT2D eigenvalue weighted by molar-refractivity contribution is 5.68. The fraction of sp³-hybridized carbons (Fsp3) is 0.636. The zero-order valence-electron chi connectivity index (χ0n) is 14.9. The highest BCUT2D eigenvalue weighted by Crippen LogP contribution is 2.41. The first-order valence-electron chi connectivity index (χ1n) is 9.32. The van der Waals surface area contributed by atoms with Crippen molar-refractivity contribution < 1.29 is 0 Å². The first kappa shape index (κ1) is 15.8. The summed E-state index contributed by atoms with van der Waals surface area (Å²) in [6.07, 6.45) is 12.5. The number of hydrogen-bond acceptors (Lipinski definition) is 0. The second-order valence-electron chi connectivity index (χ2n) is 8.02. The molecule has 1 saturated carbocycles. The topological polar surface area (TPSA) is 0 Å². The molecule has 0 radical (unpaired) electrons. The van der Waals surface area contributed by atoms with Crippen molar-refractivity contribution in [1.29, 1.82) is 0 Å². The van der Waals surface area contributed by atoms with Crippen molar-refractivity contribution in [3.8, 4) is 0 Å². The molecule has 0 heterocycles. The monoisotopic (exact) mass is 296 g/mol. The minimum absolute atomic E-state index is 0.962. The van der Waals surface area contributed by atoms with Crippen LogP contribution in [0, 0.1) is 38.5 Å². The van der Waals surface area contributed by atoms with Crippen molar-refractivity contribution in [3.63, 3.8) is 0 Å². The summed E-state index contributed by atoms with van der Waals surface area (Å²) >= 11 is 0. The van der Waals surface area contributed by atoms with Crippen LogP contribution in [0.3, 0.4) is 0 Å². The SMILES string of the molecule is Cc1cc(C2=CCC(C3CCC(C)CC3)CC2)cc(C)c1C. The minimum atomic E-state index is 0.962. The van der Waals surface area contributed by atoms with Crippen LogP contribution >= 0.6 is 0 Å². The van der Waals surface area contributed by atoms with Crippen LogP contribution in [0.5, 0.6) is 0 Å². The van der Waals surface area contributed by atoms with Gasteiger partial charge in [0.05, 0.1) is 0 Å². The Morgan fingerprint density at radius 3 is 2.00 bits per heavy atom. The highest BCUT2D eigenvalue weighted by atomic mass is 14.3. The summed E-state index contributed by atoms with van der Waals surface area (Å²) in [5.41, 5.74) is 7.43. The van der Waals surface area contributed by atoms with Crippen LogP contribution in [0.15, 0.2) is 18.2 Å². The standard InChI is InChI=1S/C22H32/c1-15-5-7-19(8-6-15)20-9-11-21(12-10-20)22-13-16(2)18(4)17(3)14-22/h11,13-15,19-20H,5-10,12H2,1-4H3. The molecular formula is C22H32. The van der Waals surface area contributed by atoms with E-state index in [1.54, 1.807) is 5.57 Å². The minimum Gasteiger partial charge on any atom is -0.0804 e. The Kier molecular flexibility index (Phi) is 4.76. The largest absolute Gasteiger partial charge is 0.0804 e. The molecule has 120 valence electrons. The van der Waals surface area contributed by atoms with E-state index in [-0.39, 0.29) is 0 Å². The molecule has 3 rings (SSSR count). The van der Waals surface area contributed by atoms with E-state index in [4.69, 9.17) is 0 Å². The van der Waals surface area contributed by atoms with Crippen LogP contribution in [0.1, 0.15) is 74.1 Å². The molecule has 1 aromatic carbocycles. The van der Waals surface area contributed by atoms with Crippen LogP contribution in [-0.4, -0.2) is 0 Å². The van der Waals surface area contributed by atoms with Gasteiger partial charge in [-0.05, 0) is 98.5 Å². The maximum atomic E-state index is 2.57. The number of hydrogen-bond donors (Lipinski definition) is 0. The van der Waals surface area contributed by atoms with E-state index in [1.165, 1.54) is 67.2 Å². The normalized spacial score (nSPS) is 29.3. The number of aryl methyl sites for hydroxylation is 2. The molecule has 22 heavy (non-hydrogen) atoms. The molecule has 1 fully saturated rings. The Bertz CT molecular complexity index is 532. The summed E-state index contributed by atoms with van der Waals surface area (Å²) in [7, 11) is 0. The summed E-state index contributed by atoms with van der Waals surface area (Å²) in [5.74, 6) is 2.95. The molecular weight excluding hydrogens is 264 g/mol. The van der Waals surface area contributed by atoms with E-state index in [9.17, 15) is 0 Å². The zero-order chi connectivity index (χ0) is 15.7. The summed E-state index contributed by atoms with van der Waals surface area (Å²) in [5, 5.41) is 0. The molecule has 0 nitrogen and oxygen atoms in total. The van der Waals surface area contributed by atoms with E-state index in [2.05, 4.69) is 45.9 Å². The van der Waals surface area contributed by atoms with Gasteiger partial charge in [0.1, 0.15) is 0 Å². The van der Waals surface area contributed by atoms with E-state index >= 15 is 0 Å². The molecule has 0 bridgehead atoms. The van der Waals surface area contributed by atoms with Crippen molar-refractivity contribution in [3.05, 3.63) is 40.5 Å². The number of benzene rings is 1. The van der Waals surface area contributed by atoms with E-state index < -0.39 is 0 Å². The molecule has 1 atom stereocenters. The van der Waals surface area contributed by atoms with Crippen LogP contribution in [0.25, 0.3) is 5.57 Å². The van der Waals surface area contributed by atoms with Crippen LogP contribution < -0.4 is 0 Å². The van der Waals surface area contributed by atoms with Gasteiger partial charge in [-0.2, -0.15) is 0 Å². The van der Waals surface area contributed by atoms with Crippen molar-refractivity contribution in [1.82, 2.24) is 0 Å². The molecule has 0 spiro atoms. The van der Waals surface area contributed by atoms with Gasteiger partial charge in [0.2, 0.25) is 0 Å². The van der Waals surface area contributed by atoms with Crippen LogP contribution in [0.2, 0.25) is 0 Å². The Balaban J connectivity index is 1.69. The molecule has 1 aromatic rings. The van der Waals surface area contributed by atoms with E-state index in [1.807, 2.05) is 0 Å². The van der Waals surface area contributed by atoms with Crippen molar-refractivity contribution in [2.75, 3.05) is 0 Å². The third-order valence-corrected chi connectivity index (χ3v) is 6.48. The summed E-state index contributed by atoms with van der Waals surface area (Å²) < 4.78 is 0. The van der Waals surface area contributed by atoms with Crippen molar-refractivity contribution in [2.24, 2.45) is 17.8 Å². The van der Waals surface area contributed by atoms with E-state index in [0.29, 0.717) is 0 Å². The number of rotatable bonds is 2. The third kappa shape index (κ3) is 3.31. The lowest BCUT2D eigenvalue weighted by Crippen LogP contribution is -2.22. The Labute approximate surface area is 137 Å². The molecule has 0 saturated heterocycles. The van der Waals surface area contributed by atoms with Crippen molar-refractivity contribution in [2.45, 2.75) is 72.6 Å². The lowest BCUT2D eigenvalue weighted by atomic mass is 9.71. The lowest BCUT2D eigenvalue weighted by Gasteiger charge is -2.34. The van der Waals surface area contributed by atoms with Gasteiger partial charge in [0, 0.05) is 0 Å². The molecule has 1 unspecified atom stereocenters. The highest BCUT2D eigenvalue weighted by Gasteiger charge is 2.27. The molecule has 0 heteroatoms. The molecule has 0 aliphatic heterocycles. The van der Waals surface area contributed by atoms with Crippen LogP contribution in [0.4, 0.5) is 0 Å². The Morgan fingerprint density at radius 2 is 1.45 bits per heavy atom. The molecule has 0 amide bonds. The lowest BCUT2D eigenvalue weighted by molar-refractivity contribution is 0.202. The second-order valence-corrected chi connectivity index (χ2v) is 8.02. The fourth-order valence-electron chi connectivity index (χ4n) is 4.52.